The molecular formula is C8H7BrN2O. The van der Waals surface area contributed by atoms with Crippen molar-refractivity contribution < 1.29 is 4.84 Å². The second-order valence-corrected chi connectivity index (χ2v) is 3.30. The van der Waals surface area contributed by atoms with Gasteiger partial charge in [-0.05, 0) is 28.1 Å². The number of rotatable bonds is 1. The van der Waals surface area contributed by atoms with Crippen LogP contribution in [-0.4, -0.2) is 4.98 Å². The molecule has 4 heteroatoms. The lowest BCUT2D eigenvalue weighted by Crippen LogP contribution is -2.05. The van der Waals surface area contributed by atoms with Crippen LogP contribution in [0.15, 0.2) is 35.2 Å². The first-order chi connectivity index (χ1) is 5.86. The Balaban J connectivity index is 2.22. The third kappa shape index (κ3) is 1.49. The molecule has 3 nitrogen and oxygen atoms in total. The first kappa shape index (κ1) is 7.76. The van der Waals surface area contributed by atoms with Crippen molar-refractivity contribution in [2.45, 2.75) is 6.10 Å². The molecule has 0 aromatic carbocycles. The molecule has 0 radical (unpaired) electrons. The number of nitrogens with one attached hydrogen (secondary N) is 1. The Morgan fingerprint density at radius 2 is 2.50 bits per heavy atom. The maximum atomic E-state index is 5.22. The third-order valence-corrected chi connectivity index (χ3v) is 2.02. The normalized spacial score (nSPS) is 21.8. The zero-order chi connectivity index (χ0) is 8.39. The van der Waals surface area contributed by atoms with Crippen molar-refractivity contribution >= 4 is 15.9 Å². The number of pyridine rings is 1. The molecule has 12 heavy (non-hydrogen) atoms. The molecule has 1 atom stereocenters. The predicted octanol–water partition coefficient (Wildman–Crippen LogP) is 1.89. The van der Waals surface area contributed by atoms with E-state index in [9.17, 15) is 0 Å². The molecule has 1 aromatic rings. The first-order valence-corrected chi connectivity index (χ1v) is 4.34. The van der Waals surface area contributed by atoms with Crippen LogP contribution in [0.3, 0.4) is 0 Å². The van der Waals surface area contributed by atoms with Gasteiger partial charge in [-0.25, -0.2) is 0 Å². The molecule has 1 aliphatic heterocycles. The Labute approximate surface area is 78.5 Å². The van der Waals surface area contributed by atoms with E-state index in [1.165, 1.54) is 0 Å². The summed E-state index contributed by atoms with van der Waals surface area (Å²) >= 11 is 3.28. The van der Waals surface area contributed by atoms with E-state index < -0.39 is 0 Å². The molecular weight excluding hydrogens is 220 g/mol. The minimum Gasteiger partial charge on any atom is -0.264 e. The van der Waals surface area contributed by atoms with Gasteiger partial charge in [-0.1, -0.05) is 6.07 Å². The van der Waals surface area contributed by atoms with Crippen LogP contribution in [0.1, 0.15) is 11.7 Å². The number of halogens is 1. The molecule has 0 amide bonds. The molecule has 0 unspecified atom stereocenters. The lowest BCUT2D eigenvalue weighted by Gasteiger charge is -2.05. The maximum absolute atomic E-state index is 5.22. The van der Waals surface area contributed by atoms with Crippen LogP contribution >= 0.6 is 15.9 Å². The van der Waals surface area contributed by atoms with Crippen LogP contribution in [0.25, 0.3) is 0 Å². The summed E-state index contributed by atoms with van der Waals surface area (Å²) in [5, 5.41) is 0. The van der Waals surface area contributed by atoms with Gasteiger partial charge in [-0.2, -0.15) is 0 Å². The highest BCUT2D eigenvalue weighted by Crippen LogP contribution is 2.24. The Kier molecular flexibility index (Phi) is 2.10. The Morgan fingerprint density at radius 1 is 1.58 bits per heavy atom. The summed E-state index contributed by atoms with van der Waals surface area (Å²) in [6, 6.07) is 3.86. The molecule has 0 fully saturated rings. The van der Waals surface area contributed by atoms with E-state index in [2.05, 4.69) is 26.4 Å². The van der Waals surface area contributed by atoms with E-state index >= 15 is 0 Å². The van der Waals surface area contributed by atoms with Crippen molar-refractivity contribution in [3.05, 3.63) is 40.8 Å². The molecule has 0 spiro atoms. The molecule has 2 heterocycles. The van der Waals surface area contributed by atoms with E-state index in [-0.39, 0.29) is 6.10 Å². The zero-order valence-corrected chi connectivity index (χ0v) is 7.78. The highest BCUT2D eigenvalue weighted by Gasteiger charge is 2.16. The quantitative estimate of drug-likeness (QED) is 0.744. The van der Waals surface area contributed by atoms with Gasteiger partial charge in [0.2, 0.25) is 0 Å². The maximum Gasteiger partial charge on any atom is 0.133 e. The fourth-order valence-corrected chi connectivity index (χ4v) is 1.36. The van der Waals surface area contributed by atoms with Crippen molar-refractivity contribution in [3.8, 4) is 0 Å². The molecule has 0 saturated carbocycles. The van der Waals surface area contributed by atoms with Gasteiger partial charge in [-0.15, -0.1) is 0 Å². The summed E-state index contributed by atoms with van der Waals surface area (Å²) in [6.07, 6.45) is 5.43. The van der Waals surface area contributed by atoms with Crippen molar-refractivity contribution in [3.63, 3.8) is 0 Å². The smallest absolute Gasteiger partial charge is 0.133 e. The number of hydrogen-bond donors (Lipinski definition) is 1. The Morgan fingerprint density at radius 3 is 3.08 bits per heavy atom. The number of hydrogen-bond acceptors (Lipinski definition) is 3. The van der Waals surface area contributed by atoms with Crippen molar-refractivity contribution in [2.24, 2.45) is 0 Å². The van der Waals surface area contributed by atoms with E-state index in [4.69, 9.17) is 4.84 Å². The fraction of sp³-hybridized carbons (Fsp3) is 0.125. The summed E-state index contributed by atoms with van der Waals surface area (Å²) in [4.78, 5) is 9.22. The number of aromatic nitrogens is 1. The molecule has 2 rings (SSSR count). The van der Waals surface area contributed by atoms with Crippen molar-refractivity contribution in [1.29, 1.82) is 0 Å². The van der Waals surface area contributed by atoms with Crippen molar-refractivity contribution in [1.82, 2.24) is 10.5 Å². The van der Waals surface area contributed by atoms with E-state index in [1.807, 2.05) is 18.2 Å². The van der Waals surface area contributed by atoms with E-state index in [0.717, 1.165) is 10.2 Å². The Bertz CT molecular complexity index is 299. The third-order valence-electron chi connectivity index (χ3n) is 1.59. The lowest BCUT2D eigenvalue weighted by atomic mass is 10.2. The highest BCUT2D eigenvalue weighted by molar-refractivity contribution is 9.11. The summed E-state index contributed by atoms with van der Waals surface area (Å²) in [5.41, 5.74) is 3.76. The number of hydroxylamine groups is 1. The highest BCUT2D eigenvalue weighted by atomic mass is 79.9. The molecule has 0 aliphatic carbocycles. The number of nitrogens with zero attached hydrogens (tertiary/aromatic N) is 1. The SMILES string of the molecule is BrC1=C[C@@H](c2cccnc2)ON1. The van der Waals surface area contributed by atoms with Gasteiger partial charge in [0.25, 0.3) is 0 Å². The second-order valence-electron chi connectivity index (χ2n) is 2.44. The molecule has 1 aliphatic rings. The van der Waals surface area contributed by atoms with Gasteiger partial charge < -0.3 is 0 Å². The average Bonchev–Trinajstić information content (AvgIpc) is 2.54. The van der Waals surface area contributed by atoms with E-state index in [1.54, 1.807) is 12.4 Å². The average molecular weight is 227 g/mol. The predicted molar refractivity (Wildman–Crippen MR) is 48.2 cm³/mol. The first-order valence-electron chi connectivity index (χ1n) is 3.55. The Hall–Kier alpha value is -0.870. The summed E-state index contributed by atoms with van der Waals surface area (Å²) in [7, 11) is 0. The molecule has 1 N–H and O–H groups in total. The summed E-state index contributed by atoms with van der Waals surface area (Å²) in [6.45, 7) is 0. The van der Waals surface area contributed by atoms with Crippen LogP contribution in [-0.2, 0) is 4.84 Å². The minimum absolute atomic E-state index is 0.0342. The van der Waals surface area contributed by atoms with Crippen LogP contribution < -0.4 is 5.48 Å². The molecule has 0 saturated heterocycles. The topological polar surface area (TPSA) is 34.1 Å². The lowest BCUT2D eigenvalue weighted by molar-refractivity contribution is 0.0456. The standard InChI is InChI=1S/C8H7BrN2O/c9-8-4-7(12-11-8)6-2-1-3-10-5-6/h1-5,7,11H/t7-/m0/s1. The van der Waals surface area contributed by atoms with Gasteiger partial charge in [0.15, 0.2) is 0 Å². The van der Waals surface area contributed by atoms with Gasteiger partial charge in [0, 0.05) is 18.0 Å². The van der Waals surface area contributed by atoms with Crippen LogP contribution in [0.5, 0.6) is 0 Å². The second kappa shape index (κ2) is 3.25. The summed E-state index contributed by atoms with van der Waals surface area (Å²) < 4.78 is 0.858. The van der Waals surface area contributed by atoms with E-state index in [0.29, 0.717) is 0 Å². The molecule has 0 bridgehead atoms. The van der Waals surface area contributed by atoms with Gasteiger partial charge in [0.1, 0.15) is 10.7 Å². The van der Waals surface area contributed by atoms with Crippen LogP contribution in [0.4, 0.5) is 0 Å². The van der Waals surface area contributed by atoms with Gasteiger partial charge in [-0.3, -0.25) is 15.3 Å². The van der Waals surface area contributed by atoms with Gasteiger partial charge >= 0.3 is 0 Å². The molecule has 1 aromatic heterocycles. The summed E-state index contributed by atoms with van der Waals surface area (Å²) in [5.74, 6) is 0. The fourth-order valence-electron chi connectivity index (χ4n) is 1.03. The zero-order valence-electron chi connectivity index (χ0n) is 6.20. The molecule has 62 valence electrons. The minimum atomic E-state index is -0.0342. The van der Waals surface area contributed by atoms with Gasteiger partial charge in [0.05, 0.1) is 0 Å². The largest absolute Gasteiger partial charge is 0.264 e. The van der Waals surface area contributed by atoms with Crippen LogP contribution in [0, 0.1) is 0 Å². The van der Waals surface area contributed by atoms with Crippen molar-refractivity contribution in [2.75, 3.05) is 0 Å². The monoisotopic (exact) mass is 226 g/mol. The van der Waals surface area contributed by atoms with Crippen LogP contribution in [0.2, 0.25) is 0 Å².